The van der Waals surface area contributed by atoms with E-state index in [9.17, 15) is 8.42 Å². The zero-order valence-corrected chi connectivity index (χ0v) is 13.5. The van der Waals surface area contributed by atoms with Crippen molar-refractivity contribution in [3.05, 3.63) is 22.7 Å². The van der Waals surface area contributed by atoms with Gasteiger partial charge in [0.05, 0.1) is 4.90 Å². The molecule has 0 amide bonds. The Balaban J connectivity index is 3.26. The normalized spacial score (nSPS) is 13.0. The van der Waals surface area contributed by atoms with Crippen LogP contribution in [0.5, 0.6) is 0 Å². The summed E-state index contributed by atoms with van der Waals surface area (Å²) in [6, 6.07) is 4.65. The number of hydrogen-bond donors (Lipinski definition) is 1. The van der Waals surface area contributed by atoms with Gasteiger partial charge >= 0.3 is 0 Å². The number of halogens is 1. The standard InChI is InChI=1S/C12H19BrN2O2S/c1-5-12(2,3)15(4)18(16,17)9-6-7-11(14)10(13)8-9/h6-8H,5,14H2,1-4H3. The van der Waals surface area contributed by atoms with Gasteiger partial charge in [-0.1, -0.05) is 6.92 Å². The molecule has 0 unspecified atom stereocenters. The molecule has 2 N–H and O–H groups in total. The van der Waals surface area contributed by atoms with Gasteiger partial charge in [-0.15, -0.1) is 0 Å². The van der Waals surface area contributed by atoms with Crippen LogP contribution in [0.2, 0.25) is 0 Å². The molecule has 0 aliphatic rings. The topological polar surface area (TPSA) is 63.4 Å². The van der Waals surface area contributed by atoms with E-state index in [0.29, 0.717) is 10.2 Å². The van der Waals surface area contributed by atoms with Crippen molar-refractivity contribution in [1.29, 1.82) is 0 Å². The molecule has 0 heterocycles. The molecule has 0 fully saturated rings. The summed E-state index contributed by atoms with van der Waals surface area (Å²) < 4.78 is 26.9. The number of anilines is 1. The van der Waals surface area contributed by atoms with Crippen LogP contribution in [0.4, 0.5) is 5.69 Å². The molecule has 4 nitrogen and oxygen atoms in total. The van der Waals surface area contributed by atoms with Gasteiger partial charge in [-0.05, 0) is 54.4 Å². The highest BCUT2D eigenvalue weighted by molar-refractivity contribution is 9.10. The van der Waals surface area contributed by atoms with Crippen LogP contribution < -0.4 is 5.73 Å². The van der Waals surface area contributed by atoms with E-state index >= 15 is 0 Å². The average molecular weight is 335 g/mol. The first-order valence-electron chi connectivity index (χ1n) is 5.67. The van der Waals surface area contributed by atoms with Crippen molar-refractivity contribution in [1.82, 2.24) is 4.31 Å². The summed E-state index contributed by atoms with van der Waals surface area (Å²) in [7, 11) is -1.90. The van der Waals surface area contributed by atoms with Crippen LogP contribution in [-0.2, 0) is 10.0 Å². The lowest BCUT2D eigenvalue weighted by Crippen LogP contribution is -2.44. The van der Waals surface area contributed by atoms with E-state index in [1.807, 2.05) is 20.8 Å². The molecule has 0 bridgehead atoms. The third-order valence-electron chi connectivity index (χ3n) is 3.35. The van der Waals surface area contributed by atoms with Gasteiger partial charge in [0.15, 0.2) is 0 Å². The van der Waals surface area contributed by atoms with Gasteiger partial charge in [0.2, 0.25) is 10.0 Å². The van der Waals surface area contributed by atoms with Gasteiger partial charge in [-0.3, -0.25) is 0 Å². The maximum Gasteiger partial charge on any atom is 0.243 e. The van der Waals surface area contributed by atoms with Gasteiger partial charge in [-0.2, -0.15) is 4.31 Å². The fourth-order valence-electron chi connectivity index (χ4n) is 1.37. The molecule has 0 aliphatic carbocycles. The lowest BCUT2D eigenvalue weighted by molar-refractivity contribution is 0.257. The summed E-state index contributed by atoms with van der Waals surface area (Å²) in [5, 5.41) is 0. The predicted octanol–water partition coefficient (Wildman–Crippen LogP) is 2.84. The minimum atomic E-state index is -3.50. The largest absolute Gasteiger partial charge is 0.398 e. The molecule has 1 rings (SSSR count). The van der Waals surface area contributed by atoms with Crippen molar-refractivity contribution in [2.75, 3.05) is 12.8 Å². The Morgan fingerprint density at radius 1 is 1.39 bits per heavy atom. The molecule has 1 aromatic carbocycles. The first kappa shape index (κ1) is 15.5. The number of benzene rings is 1. The second-order valence-electron chi connectivity index (χ2n) is 4.82. The molecule has 0 spiro atoms. The maximum atomic E-state index is 12.5. The Hall–Kier alpha value is -0.590. The monoisotopic (exact) mass is 334 g/mol. The van der Waals surface area contributed by atoms with Gasteiger partial charge in [0.25, 0.3) is 0 Å². The highest BCUT2D eigenvalue weighted by Crippen LogP contribution is 2.28. The Kier molecular flexibility index (Phi) is 4.46. The summed E-state index contributed by atoms with van der Waals surface area (Å²) in [6.07, 6.45) is 0.735. The van der Waals surface area contributed by atoms with Crippen LogP contribution in [0.3, 0.4) is 0 Å². The first-order valence-corrected chi connectivity index (χ1v) is 7.90. The summed E-state index contributed by atoms with van der Waals surface area (Å²) in [4.78, 5) is 0.243. The molecule has 0 aliphatic heterocycles. The van der Waals surface area contributed by atoms with E-state index in [-0.39, 0.29) is 4.90 Å². The Bertz CT molecular complexity index is 541. The van der Waals surface area contributed by atoms with Crippen molar-refractivity contribution in [2.45, 2.75) is 37.6 Å². The molecule has 0 radical (unpaired) electrons. The van der Waals surface area contributed by atoms with Crippen molar-refractivity contribution in [3.8, 4) is 0 Å². The van der Waals surface area contributed by atoms with Crippen LogP contribution in [0.25, 0.3) is 0 Å². The summed E-state index contributed by atoms with van der Waals surface area (Å²) >= 11 is 3.25. The maximum absolute atomic E-state index is 12.5. The van der Waals surface area contributed by atoms with E-state index < -0.39 is 15.6 Å². The van der Waals surface area contributed by atoms with E-state index in [4.69, 9.17) is 5.73 Å². The number of sulfonamides is 1. The zero-order chi connectivity index (χ0) is 14.1. The molecule has 18 heavy (non-hydrogen) atoms. The molecule has 1 aromatic rings. The second-order valence-corrected chi connectivity index (χ2v) is 7.65. The molecule has 0 saturated carbocycles. The molecule has 0 saturated heterocycles. The zero-order valence-electron chi connectivity index (χ0n) is 11.1. The number of hydrogen-bond acceptors (Lipinski definition) is 3. The fraction of sp³-hybridized carbons (Fsp3) is 0.500. The first-order chi connectivity index (χ1) is 8.13. The van der Waals surface area contributed by atoms with Gasteiger partial charge in [-0.25, -0.2) is 8.42 Å². The number of nitrogens with two attached hydrogens (primary N) is 1. The van der Waals surface area contributed by atoms with Crippen molar-refractivity contribution < 1.29 is 8.42 Å². The van der Waals surface area contributed by atoms with Crippen molar-refractivity contribution >= 4 is 31.6 Å². The van der Waals surface area contributed by atoms with Crippen molar-refractivity contribution in [3.63, 3.8) is 0 Å². The number of nitrogens with zero attached hydrogens (tertiary/aromatic N) is 1. The van der Waals surface area contributed by atoms with Crippen molar-refractivity contribution in [2.24, 2.45) is 0 Å². The lowest BCUT2D eigenvalue weighted by atomic mass is 10.0. The third kappa shape index (κ3) is 2.87. The summed E-state index contributed by atoms with van der Waals surface area (Å²) in [6.45, 7) is 5.76. The summed E-state index contributed by atoms with van der Waals surface area (Å²) in [5.41, 5.74) is 5.76. The minimum absolute atomic E-state index is 0.243. The third-order valence-corrected chi connectivity index (χ3v) is 6.10. The quantitative estimate of drug-likeness (QED) is 0.861. The van der Waals surface area contributed by atoms with E-state index in [2.05, 4.69) is 15.9 Å². The smallest absolute Gasteiger partial charge is 0.243 e. The highest BCUT2D eigenvalue weighted by Gasteiger charge is 2.32. The lowest BCUT2D eigenvalue weighted by Gasteiger charge is -2.33. The molecular weight excluding hydrogens is 316 g/mol. The molecule has 0 aromatic heterocycles. The average Bonchev–Trinajstić information content (AvgIpc) is 2.31. The van der Waals surface area contributed by atoms with Gasteiger partial charge in [0.1, 0.15) is 0 Å². The minimum Gasteiger partial charge on any atom is -0.398 e. The number of rotatable bonds is 4. The fourth-order valence-corrected chi connectivity index (χ4v) is 3.51. The molecule has 0 atom stereocenters. The van der Waals surface area contributed by atoms with Crippen LogP contribution in [-0.4, -0.2) is 25.3 Å². The SMILES string of the molecule is CCC(C)(C)N(C)S(=O)(=O)c1ccc(N)c(Br)c1. The van der Waals surface area contributed by atoms with Crippen LogP contribution >= 0.6 is 15.9 Å². The molecular formula is C12H19BrN2O2S. The Morgan fingerprint density at radius 2 is 1.94 bits per heavy atom. The van der Waals surface area contributed by atoms with E-state index in [0.717, 1.165) is 6.42 Å². The highest BCUT2D eigenvalue weighted by atomic mass is 79.9. The Morgan fingerprint density at radius 3 is 2.39 bits per heavy atom. The Labute approximate surface area is 117 Å². The number of nitrogen functional groups attached to an aromatic ring is 1. The van der Waals surface area contributed by atoms with Gasteiger partial charge in [0, 0.05) is 22.7 Å². The van der Waals surface area contributed by atoms with Crippen LogP contribution in [0.1, 0.15) is 27.2 Å². The van der Waals surface area contributed by atoms with E-state index in [1.54, 1.807) is 13.1 Å². The van der Waals surface area contributed by atoms with Crippen LogP contribution in [0, 0.1) is 0 Å². The molecule has 6 heteroatoms. The van der Waals surface area contributed by atoms with Gasteiger partial charge < -0.3 is 5.73 Å². The summed E-state index contributed by atoms with van der Waals surface area (Å²) in [5.74, 6) is 0. The second kappa shape index (κ2) is 5.19. The van der Waals surface area contributed by atoms with E-state index in [1.165, 1.54) is 16.4 Å². The van der Waals surface area contributed by atoms with Crippen LogP contribution in [0.15, 0.2) is 27.6 Å². The molecule has 102 valence electrons. The predicted molar refractivity (Wildman–Crippen MR) is 77.9 cm³/mol.